The summed E-state index contributed by atoms with van der Waals surface area (Å²) in [6.07, 6.45) is 7.85. The Kier molecular flexibility index (Phi) is 5.05. The summed E-state index contributed by atoms with van der Waals surface area (Å²) in [6, 6.07) is 9.58. The maximum atomic E-state index is 13.6. The van der Waals surface area contributed by atoms with Gasteiger partial charge in [0.05, 0.1) is 17.1 Å². The van der Waals surface area contributed by atoms with Gasteiger partial charge in [-0.25, -0.2) is 4.39 Å². The molecule has 1 amide bonds. The number of aromatic hydroxyl groups is 1. The van der Waals surface area contributed by atoms with Crippen molar-refractivity contribution in [2.24, 2.45) is 5.92 Å². The fraction of sp³-hybridized carbons (Fsp3) is 0.500. The lowest BCUT2D eigenvalue weighted by Gasteiger charge is -2.64. The molecule has 2 N–H and O–H groups in total. The Labute approximate surface area is 216 Å². The Balaban J connectivity index is 1.25. The summed E-state index contributed by atoms with van der Waals surface area (Å²) in [4.78, 5) is 17.5. The normalized spacial score (nSPS) is 33.8. The maximum Gasteiger partial charge on any atom is 0.246 e. The summed E-state index contributed by atoms with van der Waals surface area (Å²) in [5.74, 6) is 0.774. The number of carbonyl (C=O) groups excluding carboxylic acids is 1. The van der Waals surface area contributed by atoms with Crippen LogP contribution in [-0.2, 0) is 16.6 Å². The summed E-state index contributed by atoms with van der Waals surface area (Å²) >= 11 is 0. The predicted octanol–water partition coefficient (Wildman–Crippen LogP) is 3.64. The zero-order valence-electron chi connectivity index (χ0n) is 21.1. The number of ether oxygens (including phenoxy) is 1. The van der Waals surface area contributed by atoms with Crippen molar-refractivity contribution >= 4 is 12.0 Å². The smallest absolute Gasteiger partial charge is 0.246 e. The maximum absolute atomic E-state index is 13.6. The summed E-state index contributed by atoms with van der Waals surface area (Å²) < 4.78 is 20.2. The average molecular weight is 505 g/mol. The van der Waals surface area contributed by atoms with Gasteiger partial charge in [0.1, 0.15) is 11.9 Å². The molecule has 5 atom stereocenters. The highest BCUT2D eigenvalue weighted by atomic mass is 19.1. The van der Waals surface area contributed by atoms with E-state index in [-0.39, 0.29) is 29.6 Å². The third-order valence-corrected chi connectivity index (χ3v) is 9.84. The van der Waals surface area contributed by atoms with Gasteiger partial charge in [-0.2, -0.15) is 0 Å². The number of aliphatic hydroxyl groups is 1. The monoisotopic (exact) mass is 504 g/mol. The van der Waals surface area contributed by atoms with Gasteiger partial charge in [-0.3, -0.25) is 9.69 Å². The molecular weight excluding hydrogens is 471 g/mol. The number of halogens is 1. The molecule has 37 heavy (non-hydrogen) atoms. The first-order valence-corrected chi connectivity index (χ1v) is 13.5. The Morgan fingerprint density at radius 1 is 1.24 bits per heavy atom. The molecule has 6 nitrogen and oxygen atoms in total. The van der Waals surface area contributed by atoms with Crippen LogP contribution < -0.4 is 4.74 Å². The highest BCUT2D eigenvalue weighted by molar-refractivity contribution is 5.92. The zero-order chi connectivity index (χ0) is 25.5. The van der Waals surface area contributed by atoms with Crippen LogP contribution in [0.4, 0.5) is 4.39 Å². The minimum atomic E-state index is -0.978. The first-order valence-electron chi connectivity index (χ1n) is 13.5. The molecule has 194 valence electrons. The number of amides is 1. The van der Waals surface area contributed by atoms with Gasteiger partial charge in [-0.1, -0.05) is 18.2 Å². The van der Waals surface area contributed by atoms with E-state index in [2.05, 4.69) is 4.90 Å². The van der Waals surface area contributed by atoms with Crippen molar-refractivity contribution in [2.75, 3.05) is 20.1 Å². The predicted molar refractivity (Wildman–Crippen MR) is 137 cm³/mol. The molecule has 7 rings (SSSR count). The summed E-state index contributed by atoms with van der Waals surface area (Å²) in [5.41, 5.74) is 1.09. The van der Waals surface area contributed by atoms with E-state index in [0.29, 0.717) is 24.2 Å². The van der Waals surface area contributed by atoms with Gasteiger partial charge in [0.2, 0.25) is 5.91 Å². The quantitative estimate of drug-likeness (QED) is 0.609. The van der Waals surface area contributed by atoms with Crippen LogP contribution in [-0.4, -0.2) is 69.8 Å². The highest BCUT2D eigenvalue weighted by Gasteiger charge is 2.73. The van der Waals surface area contributed by atoms with Crippen LogP contribution in [0.5, 0.6) is 11.5 Å². The first kappa shape index (κ1) is 23.2. The fourth-order valence-electron chi connectivity index (χ4n) is 7.91. The number of likely N-dealkylation sites (N-methyl/N-ethyl adjacent to an activating group) is 1. The van der Waals surface area contributed by atoms with E-state index in [9.17, 15) is 19.4 Å². The molecule has 2 heterocycles. The van der Waals surface area contributed by atoms with E-state index >= 15 is 0 Å². The van der Waals surface area contributed by atoms with Crippen molar-refractivity contribution in [1.82, 2.24) is 9.80 Å². The molecular formula is C30H33FN2O4. The van der Waals surface area contributed by atoms with E-state index in [1.807, 2.05) is 6.07 Å². The number of phenols is 1. The van der Waals surface area contributed by atoms with Gasteiger partial charge in [-0.05, 0) is 86.4 Å². The Morgan fingerprint density at radius 2 is 2.08 bits per heavy atom. The van der Waals surface area contributed by atoms with Crippen LogP contribution in [0, 0.1) is 11.7 Å². The van der Waals surface area contributed by atoms with Gasteiger partial charge in [0.15, 0.2) is 11.5 Å². The second-order valence-corrected chi connectivity index (χ2v) is 11.7. The van der Waals surface area contributed by atoms with Crippen molar-refractivity contribution in [3.8, 4) is 11.5 Å². The van der Waals surface area contributed by atoms with Gasteiger partial charge >= 0.3 is 0 Å². The van der Waals surface area contributed by atoms with Crippen molar-refractivity contribution < 1.29 is 24.1 Å². The van der Waals surface area contributed by atoms with Crippen molar-refractivity contribution in [3.63, 3.8) is 0 Å². The summed E-state index contributed by atoms with van der Waals surface area (Å²) in [6.45, 7) is 1.91. The van der Waals surface area contributed by atoms with Crippen LogP contribution in [0.25, 0.3) is 6.08 Å². The summed E-state index contributed by atoms with van der Waals surface area (Å²) in [5, 5.41) is 23.4. The van der Waals surface area contributed by atoms with Crippen LogP contribution >= 0.6 is 0 Å². The first-order chi connectivity index (χ1) is 17.8. The molecule has 2 aromatic rings. The van der Waals surface area contributed by atoms with E-state index in [4.69, 9.17) is 4.74 Å². The lowest BCUT2D eigenvalue weighted by molar-refractivity contribution is -0.200. The molecule has 2 aromatic carbocycles. The summed E-state index contributed by atoms with van der Waals surface area (Å²) in [7, 11) is 1.78. The van der Waals surface area contributed by atoms with E-state index < -0.39 is 17.1 Å². The number of benzene rings is 2. The SMILES string of the molecule is CN(C(=O)/C=C/c1cccc(F)c1)[C@H]1CC[C@@]2(O)[C@@H]3Cc4ccc(O)c5c4[C@@]2(CCN3CC2CC2)[C@H]1O5. The number of phenolic OH excluding ortho intramolecular Hbond substituents is 1. The van der Waals surface area contributed by atoms with Crippen LogP contribution in [0.15, 0.2) is 42.5 Å². The van der Waals surface area contributed by atoms with Gasteiger partial charge in [0.25, 0.3) is 0 Å². The molecule has 1 spiro atoms. The highest BCUT2D eigenvalue weighted by Crippen LogP contribution is 2.66. The molecule has 0 unspecified atom stereocenters. The Hall–Kier alpha value is -2.90. The lowest BCUT2D eigenvalue weighted by Crippen LogP contribution is -2.78. The van der Waals surface area contributed by atoms with E-state index in [1.54, 1.807) is 36.2 Å². The van der Waals surface area contributed by atoms with Crippen molar-refractivity contribution in [3.05, 3.63) is 65.0 Å². The van der Waals surface area contributed by atoms with E-state index in [1.165, 1.54) is 31.1 Å². The van der Waals surface area contributed by atoms with Crippen LogP contribution in [0.2, 0.25) is 0 Å². The van der Waals surface area contributed by atoms with Crippen molar-refractivity contribution in [1.29, 1.82) is 0 Å². The number of hydrogen-bond donors (Lipinski definition) is 2. The lowest BCUT2D eigenvalue weighted by atomic mass is 9.48. The third-order valence-electron chi connectivity index (χ3n) is 9.84. The molecule has 0 aromatic heterocycles. The Morgan fingerprint density at radius 3 is 2.86 bits per heavy atom. The van der Waals surface area contributed by atoms with E-state index in [0.717, 1.165) is 43.0 Å². The molecule has 2 aliphatic heterocycles. The molecule has 3 fully saturated rings. The number of hydrogen-bond acceptors (Lipinski definition) is 5. The van der Waals surface area contributed by atoms with Crippen molar-refractivity contribution in [2.45, 2.75) is 67.7 Å². The molecule has 7 heteroatoms. The van der Waals surface area contributed by atoms with Crippen LogP contribution in [0.3, 0.4) is 0 Å². The van der Waals surface area contributed by atoms with Gasteiger partial charge in [-0.15, -0.1) is 0 Å². The van der Waals surface area contributed by atoms with Crippen LogP contribution in [0.1, 0.15) is 48.8 Å². The third kappa shape index (κ3) is 3.26. The largest absolute Gasteiger partial charge is 0.504 e. The Bertz CT molecular complexity index is 1310. The second kappa shape index (κ2) is 8.05. The molecule has 0 radical (unpaired) electrons. The number of rotatable bonds is 5. The zero-order valence-corrected chi connectivity index (χ0v) is 21.1. The standard InChI is InChI=1S/C30H33FN2O4/c1-32(25(35)10-7-18-3-2-4-21(31)15-18)22-11-12-30(36)24-16-20-8-9-23(34)27-26(20)29(30,28(22)37-27)13-14-33(24)17-19-5-6-19/h2-4,7-10,15,19,22,24,28,34,36H,5-6,11-14,16-17H2,1H3/b10-7+/t22-,24-,28-,29-,30+/m0/s1. The molecule has 2 bridgehead atoms. The number of carbonyl (C=O) groups is 1. The fourth-order valence-corrected chi connectivity index (χ4v) is 7.91. The average Bonchev–Trinajstić information content (AvgIpc) is 3.62. The molecule has 2 saturated carbocycles. The molecule has 5 aliphatic rings. The van der Waals surface area contributed by atoms with Gasteiger partial charge in [0, 0.05) is 31.3 Å². The minimum absolute atomic E-state index is 0.00535. The number of likely N-dealkylation sites (tertiary alicyclic amines) is 1. The molecule has 1 saturated heterocycles. The topological polar surface area (TPSA) is 73.2 Å². The second-order valence-electron chi connectivity index (χ2n) is 11.7. The van der Waals surface area contributed by atoms with Gasteiger partial charge < -0.3 is 19.8 Å². The number of piperidine rings is 1. The molecule has 3 aliphatic carbocycles. The minimum Gasteiger partial charge on any atom is -0.504 e. The number of nitrogens with zero attached hydrogens (tertiary/aromatic N) is 2.